The van der Waals surface area contributed by atoms with E-state index in [1.165, 1.54) is 6.07 Å². The number of hydrogen-bond donors (Lipinski definition) is 1. The maximum atomic E-state index is 14.9. The highest BCUT2D eigenvalue weighted by Crippen LogP contribution is 2.47. The Kier molecular flexibility index (Phi) is 5.13. The van der Waals surface area contributed by atoms with E-state index in [0.29, 0.717) is 36.4 Å². The van der Waals surface area contributed by atoms with Crippen LogP contribution in [0.4, 0.5) is 23.4 Å². The van der Waals surface area contributed by atoms with E-state index in [2.05, 4.69) is 10.1 Å². The van der Waals surface area contributed by atoms with Gasteiger partial charge in [0.2, 0.25) is 0 Å². The van der Waals surface area contributed by atoms with Crippen molar-refractivity contribution in [1.82, 2.24) is 9.78 Å². The second-order valence-corrected chi connectivity index (χ2v) is 9.44. The molecule has 2 unspecified atom stereocenters. The van der Waals surface area contributed by atoms with E-state index in [1.807, 2.05) is 13.8 Å². The van der Waals surface area contributed by atoms with E-state index >= 15 is 0 Å². The summed E-state index contributed by atoms with van der Waals surface area (Å²) in [5.74, 6) is -1.01. The maximum absolute atomic E-state index is 14.9. The summed E-state index contributed by atoms with van der Waals surface area (Å²) in [4.78, 5) is 17.3. The van der Waals surface area contributed by atoms with Crippen LogP contribution in [-0.4, -0.2) is 27.0 Å². The molecule has 2 atom stereocenters. The van der Waals surface area contributed by atoms with E-state index in [-0.39, 0.29) is 22.8 Å². The molecule has 0 bridgehead atoms. The molecule has 5 nitrogen and oxygen atoms in total. The SMILES string of the molecule is CC1=Nc2c(c(=O)[nH]n2C2CCOC(C)(C)C2)C(c2cccc(C(F)(F)F)c2F)S1. The second kappa shape index (κ2) is 7.26. The lowest BCUT2D eigenvalue weighted by Crippen LogP contribution is -2.35. The number of aliphatic imine (C=N–C) groups is 1. The van der Waals surface area contributed by atoms with Crippen LogP contribution in [-0.2, 0) is 10.9 Å². The molecule has 0 aliphatic carbocycles. The summed E-state index contributed by atoms with van der Waals surface area (Å²) in [6.45, 7) is 6.12. The minimum absolute atomic E-state index is 0.0862. The number of alkyl halides is 3. The molecule has 1 aromatic carbocycles. The van der Waals surface area contributed by atoms with Gasteiger partial charge in [0.25, 0.3) is 5.56 Å². The first-order chi connectivity index (χ1) is 14.0. The molecule has 1 aromatic heterocycles. The number of aromatic nitrogens is 2. The molecule has 4 rings (SSSR count). The van der Waals surface area contributed by atoms with Crippen LogP contribution in [0, 0.1) is 5.82 Å². The Morgan fingerprint density at radius 2 is 2.07 bits per heavy atom. The molecular formula is C20H21F4N3O2S. The largest absolute Gasteiger partial charge is 0.419 e. The highest BCUT2D eigenvalue weighted by molar-refractivity contribution is 8.14. The number of aromatic amines is 1. The van der Waals surface area contributed by atoms with Gasteiger partial charge in [-0.2, -0.15) is 13.2 Å². The molecule has 1 fully saturated rings. The van der Waals surface area contributed by atoms with Crippen LogP contribution in [0.3, 0.4) is 0 Å². The summed E-state index contributed by atoms with van der Waals surface area (Å²) < 4.78 is 61.9. The second-order valence-electron chi connectivity index (χ2n) is 8.14. The van der Waals surface area contributed by atoms with E-state index in [9.17, 15) is 22.4 Å². The Morgan fingerprint density at radius 3 is 2.73 bits per heavy atom. The summed E-state index contributed by atoms with van der Waals surface area (Å²) in [6, 6.07) is 3.07. The smallest absolute Gasteiger partial charge is 0.375 e. The molecular weight excluding hydrogens is 422 g/mol. The summed E-state index contributed by atoms with van der Waals surface area (Å²) in [5.41, 5.74) is -2.20. The molecule has 162 valence electrons. The molecule has 2 aromatic rings. The summed E-state index contributed by atoms with van der Waals surface area (Å²) >= 11 is 1.07. The fourth-order valence-electron chi connectivity index (χ4n) is 4.08. The van der Waals surface area contributed by atoms with E-state index in [4.69, 9.17) is 4.74 Å². The number of nitrogens with one attached hydrogen (secondary N) is 1. The molecule has 10 heteroatoms. The zero-order chi connectivity index (χ0) is 21.8. The maximum Gasteiger partial charge on any atom is 0.419 e. The van der Waals surface area contributed by atoms with E-state index in [0.717, 1.165) is 17.8 Å². The van der Waals surface area contributed by atoms with Crippen molar-refractivity contribution < 1.29 is 22.3 Å². The third-order valence-electron chi connectivity index (χ3n) is 5.40. The fourth-order valence-corrected chi connectivity index (χ4v) is 5.20. The molecule has 30 heavy (non-hydrogen) atoms. The monoisotopic (exact) mass is 443 g/mol. The number of thioether (sulfide) groups is 1. The number of fused-ring (bicyclic) bond motifs is 1. The predicted octanol–water partition coefficient (Wildman–Crippen LogP) is 5.35. The Bertz CT molecular complexity index is 1070. The number of hydrogen-bond acceptors (Lipinski definition) is 4. The zero-order valence-corrected chi connectivity index (χ0v) is 17.5. The molecule has 0 amide bonds. The zero-order valence-electron chi connectivity index (χ0n) is 16.6. The Hall–Kier alpha value is -2.07. The van der Waals surface area contributed by atoms with E-state index < -0.39 is 28.4 Å². The van der Waals surface area contributed by atoms with Crippen LogP contribution < -0.4 is 5.56 Å². The van der Waals surface area contributed by atoms with Gasteiger partial charge >= 0.3 is 6.18 Å². The third-order valence-corrected chi connectivity index (χ3v) is 6.56. The number of rotatable bonds is 2. The lowest BCUT2D eigenvalue weighted by atomic mass is 9.94. The van der Waals surface area contributed by atoms with Crippen LogP contribution in [0.1, 0.15) is 61.6 Å². The number of halogens is 4. The number of benzene rings is 1. The first kappa shape index (κ1) is 21.2. The minimum atomic E-state index is -4.82. The van der Waals surface area contributed by atoms with Crippen molar-refractivity contribution >= 4 is 22.6 Å². The van der Waals surface area contributed by atoms with Crippen molar-refractivity contribution in [2.45, 2.75) is 56.7 Å². The molecule has 3 heterocycles. The van der Waals surface area contributed by atoms with Gasteiger partial charge in [0.1, 0.15) is 5.82 Å². The number of ether oxygens (including phenoxy) is 1. The van der Waals surface area contributed by atoms with Crippen molar-refractivity contribution in [3.63, 3.8) is 0 Å². The van der Waals surface area contributed by atoms with Gasteiger partial charge in [-0.3, -0.25) is 14.6 Å². The van der Waals surface area contributed by atoms with Crippen LogP contribution in [0.2, 0.25) is 0 Å². The molecule has 0 radical (unpaired) electrons. The fraction of sp³-hybridized carbons (Fsp3) is 0.500. The molecule has 0 saturated carbocycles. The molecule has 2 aliphatic rings. The lowest BCUT2D eigenvalue weighted by Gasteiger charge is -2.36. The van der Waals surface area contributed by atoms with Gasteiger partial charge in [0, 0.05) is 12.2 Å². The van der Waals surface area contributed by atoms with Gasteiger partial charge in [0.05, 0.1) is 33.1 Å². The lowest BCUT2D eigenvalue weighted by molar-refractivity contribution is -0.140. The highest BCUT2D eigenvalue weighted by Gasteiger charge is 2.39. The Morgan fingerprint density at radius 1 is 1.33 bits per heavy atom. The van der Waals surface area contributed by atoms with Crippen molar-refractivity contribution in [1.29, 1.82) is 0 Å². The van der Waals surface area contributed by atoms with Crippen molar-refractivity contribution in [3.05, 3.63) is 51.1 Å². The van der Waals surface area contributed by atoms with Crippen LogP contribution in [0.5, 0.6) is 0 Å². The average molecular weight is 443 g/mol. The van der Waals surface area contributed by atoms with Gasteiger partial charge in [-0.1, -0.05) is 23.9 Å². The van der Waals surface area contributed by atoms with Crippen molar-refractivity contribution in [2.24, 2.45) is 4.99 Å². The number of H-pyrrole nitrogens is 1. The van der Waals surface area contributed by atoms with Gasteiger partial charge in [-0.05, 0) is 39.7 Å². The molecule has 1 N–H and O–H groups in total. The molecule has 2 aliphatic heterocycles. The third kappa shape index (κ3) is 3.71. The van der Waals surface area contributed by atoms with Crippen molar-refractivity contribution in [2.75, 3.05) is 6.61 Å². The Balaban J connectivity index is 1.83. The van der Waals surface area contributed by atoms with Crippen LogP contribution in [0.15, 0.2) is 28.0 Å². The van der Waals surface area contributed by atoms with Crippen LogP contribution in [0.25, 0.3) is 0 Å². The van der Waals surface area contributed by atoms with Crippen molar-refractivity contribution in [3.8, 4) is 0 Å². The topological polar surface area (TPSA) is 59.4 Å². The first-order valence-electron chi connectivity index (χ1n) is 9.54. The average Bonchev–Trinajstić information content (AvgIpc) is 2.96. The summed E-state index contributed by atoms with van der Waals surface area (Å²) in [5, 5.41) is 2.41. The van der Waals surface area contributed by atoms with Gasteiger partial charge in [0.15, 0.2) is 5.82 Å². The predicted molar refractivity (Wildman–Crippen MR) is 107 cm³/mol. The van der Waals surface area contributed by atoms with Crippen LogP contribution >= 0.6 is 11.8 Å². The number of nitrogens with zero attached hydrogens (tertiary/aromatic N) is 2. The quantitative estimate of drug-likeness (QED) is 0.637. The standard InChI is InChI=1S/C20H21F4N3O2S/c1-10-25-17-14(18(28)26-27(17)11-7-8-29-19(2,3)9-11)16(30-10)12-5-4-6-13(15(12)21)20(22,23)24/h4-6,11,16H,7-9H2,1-3H3,(H,26,28). The summed E-state index contributed by atoms with van der Waals surface area (Å²) in [6.07, 6.45) is -3.53. The van der Waals surface area contributed by atoms with E-state index in [1.54, 1.807) is 11.6 Å². The molecule has 1 saturated heterocycles. The Labute approximate surface area is 174 Å². The summed E-state index contributed by atoms with van der Waals surface area (Å²) in [7, 11) is 0. The normalized spacial score (nSPS) is 23.8. The molecule has 0 spiro atoms. The minimum Gasteiger partial charge on any atom is -0.375 e. The van der Waals surface area contributed by atoms with Gasteiger partial charge < -0.3 is 4.74 Å². The van der Waals surface area contributed by atoms with Gasteiger partial charge in [-0.15, -0.1) is 0 Å². The van der Waals surface area contributed by atoms with Gasteiger partial charge in [-0.25, -0.2) is 9.38 Å². The first-order valence-corrected chi connectivity index (χ1v) is 10.4. The highest BCUT2D eigenvalue weighted by atomic mass is 32.2.